The molecule has 0 aliphatic rings. The van der Waals surface area contributed by atoms with Crippen molar-refractivity contribution in [1.82, 2.24) is 0 Å². The Morgan fingerprint density at radius 1 is 1.22 bits per heavy atom. The number of rotatable bonds is 0. The first-order valence-corrected chi connectivity index (χ1v) is 2.62. The van der Waals surface area contributed by atoms with Crippen molar-refractivity contribution in [3.05, 3.63) is 29.8 Å². The number of anilines is 1. The molecule has 0 atom stereocenters. The van der Waals surface area contributed by atoms with Crippen LogP contribution in [0, 0.1) is 6.92 Å². The minimum absolute atomic E-state index is 0. The van der Waals surface area contributed by atoms with Crippen LogP contribution in [0.25, 0.3) is 0 Å². The quantitative estimate of drug-likeness (QED) is 0.691. The Labute approximate surface area is 49.1 Å². The number of benzene rings is 1. The Hall–Kier alpha value is -1.98. The van der Waals surface area contributed by atoms with E-state index in [1.807, 2.05) is 31.2 Å². The van der Waals surface area contributed by atoms with Gasteiger partial charge < -0.3 is 5.73 Å². The molecule has 0 bridgehead atoms. The summed E-state index contributed by atoms with van der Waals surface area (Å²) >= 11 is 0. The smallest absolute Gasteiger partial charge is 0.0343 e. The third-order valence-electron chi connectivity index (χ3n) is 1.19. The third-order valence-corrected chi connectivity index (χ3v) is 1.19. The molecule has 1 nitrogen and oxygen atoms in total. The van der Waals surface area contributed by atoms with E-state index in [9.17, 15) is 0 Å². The van der Waals surface area contributed by atoms with E-state index < -0.39 is 0 Å². The molecular weight excluding hydrogens is 360 g/mol. The van der Waals surface area contributed by atoms with Crippen molar-refractivity contribution < 1.29 is 0 Å². The zero-order valence-corrected chi connectivity index (χ0v) is 7.30. The van der Waals surface area contributed by atoms with Gasteiger partial charge in [-0.3, -0.25) is 0 Å². The minimum Gasteiger partial charge on any atom is -0.399 e. The molecular formula is C7H9LrN. The van der Waals surface area contributed by atoms with Gasteiger partial charge in [-0.05, 0) is 18.6 Å². The number of nitrogen functional groups attached to an aromatic ring is 1. The molecule has 1 aromatic carbocycles. The van der Waals surface area contributed by atoms with E-state index in [0.29, 0.717) is 0 Å². The Bertz CT molecular complexity index is 165. The van der Waals surface area contributed by atoms with E-state index in [2.05, 4.69) is 0 Å². The monoisotopic (exact) mass is 369 g/mol. The van der Waals surface area contributed by atoms with Crippen LogP contribution in [-0.4, -0.2) is 0 Å². The molecule has 9 heavy (non-hydrogen) atoms. The number of hydrogen-bond donors (Lipinski definition) is 1. The van der Waals surface area contributed by atoms with Crippen LogP contribution in [0.4, 0.5) is 5.69 Å². The summed E-state index contributed by atoms with van der Waals surface area (Å²) in [5, 5.41) is 0. The molecule has 0 saturated carbocycles. The van der Waals surface area contributed by atoms with Crippen LogP contribution in [-0.2, 0) is 0 Å². The van der Waals surface area contributed by atoms with Crippen LogP contribution >= 0.6 is 0 Å². The predicted molar refractivity (Wildman–Crippen MR) is 35.6 cm³/mol. The van der Waals surface area contributed by atoms with Gasteiger partial charge in [0.1, 0.15) is 0 Å². The van der Waals surface area contributed by atoms with Gasteiger partial charge in [-0.1, -0.05) is 18.2 Å². The molecule has 0 saturated heterocycles. The van der Waals surface area contributed by atoms with Crippen molar-refractivity contribution in [3.8, 4) is 0 Å². The van der Waals surface area contributed by atoms with Gasteiger partial charge in [0.15, 0.2) is 0 Å². The molecule has 0 aromatic heterocycles. The van der Waals surface area contributed by atoms with Gasteiger partial charge in [-0.15, -0.1) is 0 Å². The van der Waals surface area contributed by atoms with Crippen LogP contribution in [0.2, 0.25) is 0 Å². The Kier molecular flexibility index (Phi) is 1.84. The molecule has 2 N–H and O–H groups in total. The molecule has 1 rings (SSSR count). The zero-order valence-electron chi connectivity index (χ0n) is 5.14. The summed E-state index contributed by atoms with van der Waals surface area (Å²) < 4.78 is 0. The first-order valence-electron chi connectivity index (χ1n) is 2.62. The normalized spacial score (nSPS) is 8.11. The van der Waals surface area contributed by atoms with Crippen molar-refractivity contribution in [1.29, 1.82) is 0 Å². The fraction of sp³-hybridized carbons (Fsp3) is 0.143. The summed E-state index contributed by atoms with van der Waals surface area (Å²) in [6.07, 6.45) is 0. The standard InChI is InChI=1S/C7H9N.Lr/c1-6-4-2-3-5-7(6)8;/h2-5H,8H2,1H3;. The van der Waals surface area contributed by atoms with Gasteiger partial charge in [0.05, 0.1) is 0 Å². The summed E-state index contributed by atoms with van der Waals surface area (Å²) in [6, 6.07) is 7.80. The average molecular weight is 369 g/mol. The fourth-order valence-electron chi connectivity index (χ4n) is 0.587. The number of para-hydroxylation sites is 1. The predicted octanol–water partition coefficient (Wildman–Crippen LogP) is 1.58. The Morgan fingerprint density at radius 2 is 1.78 bits per heavy atom. The number of nitrogens with two attached hydrogens (primary N) is 1. The van der Waals surface area contributed by atoms with E-state index >= 15 is 0 Å². The molecule has 0 aliphatic heterocycles. The molecule has 0 amide bonds. The van der Waals surface area contributed by atoms with E-state index in [4.69, 9.17) is 5.73 Å². The minimum atomic E-state index is 0. The Balaban J connectivity index is 0.000000640. The molecule has 1 aromatic rings. The fourth-order valence-corrected chi connectivity index (χ4v) is 0.587. The van der Waals surface area contributed by atoms with E-state index in [1.165, 1.54) is 0 Å². The van der Waals surface area contributed by atoms with Crippen LogP contribution in [0.5, 0.6) is 0 Å². The summed E-state index contributed by atoms with van der Waals surface area (Å²) in [5.74, 6) is 0. The van der Waals surface area contributed by atoms with E-state index in [0.717, 1.165) is 11.3 Å². The topological polar surface area (TPSA) is 26.0 Å². The first-order chi connectivity index (χ1) is 3.80. The average Bonchev–Trinajstić information content (AvgIpc) is 1.77. The van der Waals surface area contributed by atoms with E-state index in [1.54, 1.807) is 0 Å². The summed E-state index contributed by atoms with van der Waals surface area (Å²) in [6.45, 7) is 2.00. The van der Waals surface area contributed by atoms with Crippen molar-refractivity contribution in [2.24, 2.45) is 0 Å². The van der Waals surface area contributed by atoms with Crippen LogP contribution < -0.4 is 5.73 Å². The maximum absolute atomic E-state index is 5.52. The van der Waals surface area contributed by atoms with E-state index in [-0.39, 0.29) is 0 Å². The number of hydrogen-bond acceptors (Lipinski definition) is 1. The van der Waals surface area contributed by atoms with Crippen LogP contribution in [0.3, 0.4) is 0 Å². The van der Waals surface area contributed by atoms with Crippen LogP contribution in [0.15, 0.2) is 24.3 Å². The largest absolute Gasteiger partial charge is 0.399 e. The number of aryl methyl sites for hydroxylation is 1. The van der Waals surface area contributed by atoms with Crippen molar-refractivity contribution in [3.63, 3.8) is 0 Å². The molecule has 0 unspecified atom stereocenters. The molecule has 57 valence electrons. The molecule has 0 aliphatic carbocycles. The molecule has 1 radical (unpaired) electrons. The van der Waals surface area contributed by atoms with Gasteiger partial charge in [0.25, 0.3) is 0 Å². The van der Waals surface area contributed by atoms with Gasteiger partial charge in [-0.25, -0.2) is 0 Å². The zero-order chi connectivity index (χ0) is 5.98. The summed E-state index contributed by atoms with van der Waals surface area (Å²) in [7, 11) is 0. The van der Waals surface area contributed by atoms with Gasteiger partial charge in [0.2, 0.25) is 0 Å². The third kappa shape index (κ3) is 1.20. The molecule has 0 fully saturated rings. The van der Waals surface area contributed by atoms with Crippen molar-refractivity contribution in [2.45, 2.75) is 6.92 Å². The first kappa shape index (κ1) is 7.02. The summed E-state index contributed by atoms with van der Waals surface area (Å²) in [5.41, 5.74) is 7.53. The summed E-state index contributed by atoms with van der Waals surface area (Å²) in [4.78, 5) is 0. The van der Waals surface area contributed by atoms with Crippen molar-refractivity contribution >= 4 is 5.69 Å². The maximum atomic E-state index is 5.52. The van der Waals surface area contributed by atoms with Crippen molar-refractivity contribution in [2.75, 3.05) is 5.73 Å². The maximum Gasteiger partial charge on any atom is 0.0343 e. The van der Waals surface area contributed by atoms with Gasteiger partial charge >= 0.3 is 0 Å². The van der Waals surface area contributed by atoms with Gasteiger partial charge in [-0.2, -0.15) is 0 Å². The molecule has 2 heteroatoms. The molecule has 0 spiro atoms. The van der Waals surface area contributed by atoms with Crippen LogP contribution in [0.1, 0.15) is 5.56 Å². The second-order valence-electron chi connectivity index (χ2n) is 1.86. The van der Waals surface area contributed by atoms with Gasteiger partial charge in [0, 0.05) is 5.69 Å². The Morgan fingerprint density at radius 3 is 2.11 bits per heavy atom. The second-order valence-corrected chi connectivity index (χ2v) is 1.86. The molecule has 0 heterocycles. The second kappa shape index (κ2) is 2.36. The SMILES string of the molecule is Cc1ccccc1N.[Lr].